The van der Waals surface area contributed by atoms with E-state index in [0.717, 1.165) is 0 Å². The van der Waals surface area contributed by atoms with Crippen molar-refractivity contribution in [2.45, 2.75) is 35.9 Å². The van der Waals surface area contributed by atoms with Crippen molar-refractivity contribution in [2.75, 3.05) is 0 Å². The molecule has 0 unspecified atom stereocenters. The van der Waals surface area contributed by atoms with Crippen LogP contribution in [0.25, 0.3) is 0 Å². The van der Waals surface area contributed by atoms with Gasteiger partial charge in [-0.15, -0.1) is 31.4 Å². The highest BCUT2D eigenvalue weighted by molar-refractivity contribution is 9.20. The van der Waals surface area contributed by atoms with E-state index in [4.69, 9.17) is 0 Å². The van der Waals surface area contributed by atoms with Crippen LogP contribution in [-0.2, 0) is 0 Å². The Kier molecular flexibility index (Phi) is 4.03. The van der Waals surface area contributed by atoms with Crippen LogP contribution in [0, 0.1) is 0 Å². The molecule has 0 aromatic heterocycles. The van der Waals surface area contributed by atoms with Gasteiger partial charge in [-0.25, -0.2) is 0 Å². The lowest BCUT2D eigenvalue weighted by Gasteiger charge is -2.49. The maximum atomic E-state index is 4.54. The quantitative estimate of drug-likeness (QED) is 0.414. The van der Waals surface area contributed by atoms with Gasteiger partial charge in [-0.3, -0.25) is 0 Å². The molecule has 5 heteroatoms. The highest BCUT2D eigenvalue weighted by atomic mass is 33.5. The van der Waals surface area contributed by atoms with Gasteiger partial charge < -0.3 is 0 Å². The third-order valence-corrected chi connectivity index (χ3v) is 13.0. The summed E-state index contributed by atoms with van der Waals surface area (Å²) < 4.78 is -0.380. The Morgan fingerprint density at radius 1 is 0.818 bits per heavy atom. The van der Waals surface area contributed by atoms with Crippen molar-refractivity contribution in [3.8, 4) is 0 Å². The predicted octanol–water partition coefficient (Wildman–Crippen LogP) is 3.81. The first-order valence-electron chi connectivity index (χ1n) is 3.22. The van der Waals surface area contributed by atoms with E-state index in [1.807, 2.05) is 27.7 Å². The van der Waals surface area contributed by atoms with Crippen molar-refractivity contribution in [3.05, 3.63) is 0 Å². The molecule has 0 rings (SSSR count). The van der Waals surface area contributed by atoms with Crippen LogP contribution in [0.1, 0.15) is 27.7 Å². The molecule has 0 nitrogen and oxygen atoms in total. The third kappa shape index (κ3) is 2.86. The Bertz CT molecular complexity index is 122. The number of hydrogen-bond acceptors (Lipinski definition) is 4. The number of thiol groups is 4. The summed E-state index contributed by atoms with van der Waals surface area (Å²) in [5.74, 6) is 0. The minimum absolute atomic E-state index is 0.190. The van der Waals surface area contributed by atoms with Gasteiger partial charge in [0.2, 0.25) is 0 Å². The molecule has 0 saturated heterocycles. The monoisotopic (exact) mass is 248 g/mol. The standard InChI is InChI=1S/C6H16S5/c1-5(2,7)11(9,10)6(3,4)8/h7-10H,1-4H3. The molecule has 0 aliphatic rings. The lowest BCUT2D eigenvalue weighted by Crippen LogP contribution is -2.27. The minimum Gasteiger partial charge on any atom is -0.162 e. The smallest absolute Gasteiger partial charge is 0.0547 e. The number of hydrogen-bond donors (Lipinski definition) is 4. The molecule has 0 radical (unpaired) electrons. The zero-order valence-electron chi connectivity index (χ0n) is 7.20. The summed E-state index contributed by atoms with van der Waals surface area (Å²) in [4.78, 5) is 0. The molecule has 0 saturated carbocycles. The van der Waals surface area contributed by atoms with Crippen molar-refractivity contribution in [1.29, 1.82) is 0 Å². The van der Waals surface area contributed by atoms with Gasteiger partial charge in [0, 0.05) is 0 Å². The maximum Gasteiger partial charge on any atom is 0.0547 e. The van der Waals surface area contributed by atoms with Crippen LogP contribution in [0.15, 0.2) is 0 Å². The SMILES string of the molecule is CC(C)(S)S(S)(S)C(C)(C)S. The summed E-state index contributed by atoms with van der Waals surface area (Å²) in [6.45, 7) is 8.07. The first-order chi connectivity index (χ1) is 4.50. The molecule has 0 fully saturated rings. The van der Waals surface area contributed by atoms with E-state index in [1.165, 1.54) is 0 Å². The largest absolute Gasteiger partial charge is 0.162 e. The zero-order valence-corrected chi connectivity index (χ0v) is 11.6. The summed E-state index contributed by atoms with van der Waals surface area (Å²) in [5, 5.41) is 0. The molecule has 0 heterocycles. The Morgan fingerprint density at radius 2 is 1.00 bits per heavy atom. The zero-order chi connectivity index (χ0) is 9.50. The van der Waals surface area contributed by atoms with Crippen LogP contribution in [-0.4, -0.2) is 8.16 Å². The van der Waals surface area contributed by atoms with E-state index < -0.39 is 8.09 Å². The van der Waals surface area contributed by atoms with Gasteiger partial charge >= 0.3 is 0 Å². The second-order valence-corrected chi connectivity index (χ2v) is 13.6. The molecule has 11 heavy (non-hydrogen) atoms. The average molecular weight is 249 g/mol. The van der Waals surface area contributed by atoms with Gasteiger partial charge in [0.1, 0.15) is 0 Å². The summed E-state index contributed by atoms with van der Waals surface area (Å²) in [6.07, 6.45) is 0. The van der Waals surface area contributed by atoms with Gasteiger partial charge in [0.25, 0.3) is 0 Å². The van der Waals surface area contributed by atoms with E-state index >= 15 is 0 Å². The average Bonchev–Trinajstić information content (AvgIpc) is 1.58. The molecule has 0 aliphatic carbocycles. The molecule has 0 atom stereocenters. The summed E-state index contributed by atoms with van der Waals surface area (Å²) in [5.41, 5.74) is 0. The van der Waals surface area contributed by atoms with Crippen molar-refractivity contribution in [1.82, 2.24) is 0 Å². The first kappa shape index (κ1) is 12.8. The fourth-order valence-electron chi connectivity index (χ4n) is 0.611. The highest BCUT2D eigenvalue weighted by Crippen LogP contribution is 2.76. The first-order valence-corrected chi connectivity index (χ1v) is 7.85. The van der Waals surface area contributed by atoms with E-state index in [9.17, 15) is 0 Å². The fourth-order valence-corrected chi connectivity index (χ4v) is 3.42. The van der Waals surface area contributed by atoms with Crippen molar-refractivity contribution >= 4 is 56.7 Å². The molecular weight excluding hydrogens is 232 g/mol. The van der Waals surface area contributed by atoms with Crippen LogP contribution < -0.4 is 0 Å². The second-order valence-electron chi connectivity index (χ2n) is 3.44. The molecule has 0 spiro atoms. The fraction of sp³-hybridized carbons (Fsp3) is 1.00. The van der Waals surface area contributed by atoms with Crippen molar-refractivity contribution in [3.63, 3.8) is 0 Å². The summed E-state index contributed by atoms with van der Waals surface area (Å²) in [6, 6.07) is 0. The Balaban J connectivity index is 4.75. The molecule has 0 aromatic rings. The van der Waals surface area contributed by atoms with Crippen LogP contribution in [0.2, 0.25) is 0 Å². The van der Waals surface area contributed by atoms with Gasteiger partial charge in [-0.2, -0.15) is 25.3 Å². The second kappa shape index (κ2) is 3.48. The molecule has 0 N–H and O–H groups in total. The highest BCUT2D eigenvalue weighted by Gasteiger charge is 2.41. The van der Waals surface area contributed by atoms with Crippen molar-refractivity contribution in [2.24, 2.45) is 0 Å². The normalized spacial score (nSPS) is 16.7. The van der Waals surface area contributed by atoms with E-state index in [2.05, 4.69) is 48.6 Å². The predicted molar refractivity (Wildman–Crippen MR) is 71.7 cm³/mol. The topological polar surface area (TPSA) is 0 Å². The summed E-state index contributed by atoms with van der Waals surface area (Å²) in [7, 11) is -1.40. The van der Waals surface area contributed by atoms with Gasteiger partial charge in [0.15, 0.2) is 0 Å². The third-order valence-electron chi connectivity index (χ3n) is 1.39. The molecule has 0 bridgehead atoms. The summed E-state index contributed by atoms with van der Waals surface area (Å²) >= 11 is 18.0. The van der Waals surface area contributed by atoms with Crippen LogP contribution in [0.3, 0.4) is 0 Å². The van der Waals surface area contributed by atoms with Gasteiger partial charge in [-0.1, -0.05) is 0 Å². The minimum atomic E-state index is -1.40. The maximum absolute atomic E-state index is 4.54. The Morgan fingerprint density at radius 3 is 1.00 bits per heavy atom. The van der Waals surface area contributed by atoms with Crippen LogP contribution >= 0.6 is 56.7 Å². The van der Waals surface area contributed by atoms with Crippen molar-refractivity contribution < 1.29 is 0 Å². The Hall–Kier alpha value is 1.75. The van der Waals surface area contributed by atoms with Gasteiger partial charge in [-0.05, 0) is 27.7 Å². The lowest BCUT2D eigenvalue weighted by atomic mass is 10.5. The molecule has 0 amide bonds. The molecule has 0 aliphatic heterocycles. The van der Waals surface area contributed by atoms with Crippen LogP contribution in [0.5, 0.6) is 0 Å². The lowest BCUT2D eigenvalue weighted by molar-refractivity contribution is 0.965. The van der Waals surface area contributed by atoms with E-state index in [0.29, 0.717) is 0 Å². The van der Waals surface area contributed by atoms with Gasteiger partial charge in [0.05, 0.1) is 8.16 Å². The Labute approximate surface area is 92.0 Å². The van der Waals surface area contributed by atoms with Crippen LogP contribution in [0.4, 0.5) is 0 Å². The van der Waals surface area contributed by atoms with E-state index in [1.54, 1.807) is 0 Å². The molecule has 70 valence electrons. The van der Waals surface area contributed by atoms with E-state index in [-0.39, 0.29) is 8.16 Å². The molecular formula is C6H16S5. The number of rotatable bonds is 2. The molecule has 0 aromatic carbocycles.